The van der Waals surface area contributed by atoms with Crippen LogP contribution in [0.3, 0.4) is 0 Å². The van der Waals surface area contributed by atoms with Gasteiger partial charge in [0.05, 0.1) is 11.8 Å². The van der Waals surface area contributed by atoms with Gasteiger partial charge >= 0.3 is 5.97 Å². The Morgan fingerprint density at radius 3 is 2.82 bits per heavy atom. The highest BCUT2D eigenvalue weighted by atomic mass is 19.1. The molecule has 0 bridgehead atoms. The lowest BCUT2D eigenvalue weighted by atomic mass is 9.89. The van der Waals surface area contributed by atoms with Gasteiger partial charge in [0.15, 0.2) is 11.4 Å². The van der Waals surface area contributed by atoms with Gasteiger partial charge in [0.2, 0.25) is 5.89 Å². The Morgan fingerprint density at radius 2 is 2.24 bits per heavy atom. The molecule has 1 aromatic carbocycles. The first-order valence-corrected chi connectivity index (χ1v) is 5.17. The van der Waals surface area contributed by atoms with Crippen LogP contribution in [0.5, 0.6) is 0 Å². The van der Waals surface area contributed by atoms with E-state index < -0.39 is 17.2 Å². The number of carbonyl (C=O) groups is 1. The molecule has 0 aliphatic rings. The van der Waals surface area contributed by atoms with Crippen molar-refractivity contribution >= 4 is 17.1 Å². The molecule has 5 heteroatoms. The SMILES string of the molecule is CC(C)(CC(=O)O)c1nc2cccc(F)c2o1. The molecule has 0 aliphatic heterocycles. The fourth-order valence-corrected chi connectivity index (χ4v) is 1.66. The van der Waals surface area contributed by atoms with E-state index in [4.69, 9.17) is 9.52 Å². The highest BCUT2D eigenvalue weighted by Gasteiger charge is 2.30. The Kier molecular flexibility index (Phi) is 2.61. The largest absolute Gasteiger partial charge is 0.481 e. The number of carboxylic acids is 1. The van der Waals surface area contributed by atoms with Crippen LogP contribution in [0.15, 0.2) is 22.6 Å². The first-order valence-electron chi connectivity index (χ1n) is 5.17. The van der Waals surface area contributed by atoms with Crippen molar-refractivity contribution in [2.75, 3.05) is 0 Å². The number of aliphatic carboxylic acids is 1. The molecule has 0 spiro atoms. The van der Waals surface area contributed by atoms with Crippen LogP contribution in [-0.2, 0) is 10.2 Å². The van der Waals surface area contributed by atoms with Crippen LogP contribution >= 0.6 is 0 Å². The number of para-hydroxylation sites is 1. The van der Waals surface area contributed by atoms with Crippen LogP contribution in [0.2, 0.25) is 0 Å². The van der Waals surface area contributed by atoms with Crippen molar-refractivity contribution in [3.05, 3.63) is 29.9 Å². The third kappa shape index (κ3) is 2.13. The lowest BCUT2D eigenvalue weighted by molar-refractivity contribution is -0.138. The van der Waals surface area contributed by atoms with Gasteiger partial charge in [0, 0.05) is 0 Å². The third-order valence-electron chi connectivity index (χ3n) is 2.54. The molecule has 0 amide bonds. The highest BCUT2D eigenvalue weighted by Crippen LogP contribution is 2.30. The minimum absolute atomic E-state index is 0.0703. The van der Waals surface area contributed by atoms with E-state index in [-0.39, 0.29) is 17.9 Å². The second-order valence-corrected chi connectivity index (χ2v) is 4.56. The van der Waals surface area contributed by atoms with E-state index in [0.717, 1.165) is 0 Å². The van der Waals surface area contributed by atoms with Crippen molar-refractivity contribution in [3.63, 3.8) is 0 Å². The normalized spacial score (nSPS) is 11.9. The van der Waals surface area contributed by atoms with Gasteiger partial charge in [-0.1, -0.05) is 19.9 Å². The van der Waals surface area contributed by atoms with Gasteiger partial charge in [-0.05, 0) is 12.1 Å². The van der Waals surface area contributed by atoms with Gasteiger partial charge < -0.3 is 9.52 Å². The molecule has 0 fully saturated rings. The molecule has 2 aromatic rings. The topological polar surface area (TPSA) is 63.3 Å². The number of carboxylic acid groups (broad SMARTS) is 1. The van der Waals surface area contributed by atoms with Crippen LogP contribution < -0.4 is 0 Å². The molecule has 0 atom stereocenters. The van der Waals surface area contributed by atoms with Crippen molar-refractivity contribution in [2.24, 2.45) is 0 Å². The standard InChI is InChI=1S/C12H12FNO3/c1-12(2,6-9(15)16)11-14-8-5-3-4-7(13)10(8)17-11/h3-5H,6H2,1-2H3,(H,15,16). The zero-order chi connectivity index (χ0) is 12.6. The van der Waals surface area contributed by atoms with Crippen LogP contribution in [0, 0.1) is 5.82 Å². The first-order chi connectivity index (χ1) is 7.90. The number of fused-ring (bicyclic) bond motifs is 1. The van der Waals surface area contributed by atoms with Crippen molar-refractivity contribution in [1.29, 1.82) is 0 Å². The van der Waals surface area contributed by atoms with Gasteiger partial charge in [-0.15, -0.1) is 0 Å². The minimum Gasteiger partial charge on any atom is -0.481 e. The summed E-state index contributed by atoms with van der Waals surface area (Å²) in [6.45, 7) is 3.40. The van der Waals surface area contributed by atoms with Crippen molar-refractivity contribution in [1.82, 2.24) is 4.98 Å². The molecule has 2 rings (SSSR count). The van der Waals surface area contributed by atoms with Gasteiger partial charge in [0.1, 0.15) is 5.52 Å². The number of nitrogens with zero attached hydrogens (tertiary/aromatic N) is 1. The molecule has 17 heavy (non-hydrogen) atoms. The summed E-state index contributed by atoms with van der Waals surface area (Å²) in [4.78, 5) is 14.9. The molecular weight excluding hydrogens is 225 g/mol. The summed E-state index contributed by atoms with van der Waals surface area (Å²) in [5.41, 5.74) is -0.295. The average Bonchev–Trinajstić information content (AvgIpc) is 2.61. The predicted octanol–water partition coefficient (Wildman–Crippen LogP) is 2.72. The summed E-state index contributed by atoms with van der Waals surface area (Å²) < 4.78 is 18.7. The molecule has 1 aromatic heterocycles. The first kappa shape index (κ1) is 11.6. The van der Waals surface area contributed by atoms with E-state index in [1.165, 1.54) is 12.1 Å². The smallest absolute Gasteiger partial charge is 0.304 e. The molecule has 4 nitrogen and oxygen atoms in total. The Bertz CT molecular complexity index is 574. The molecule has 0 saturated carbocycles. The Labute approximate surface area is 97.1 Å². The number of oxazole rings is 1. The summed E-state index contributed by atoms with van der Waals surface area (Å²) in [7, 11) is 0. The number of aromatic nitrogens is 1. The van der Waals surface area contributed by atoms with E-state index in [2.05, 4.69) is 4.98 Å². The zero-order valence-electron chi connectivity index (χ0n) is 9.53. The zero-order valence-corrected chi connectivity index (χ0v) is 9.53. The van der Waals surface area contributed by atoms with E-state index in [9.17, 15) is 9.18 Å². The number of hydrogen-bond acceptors (Lipinski definition) is 3. The van der Waals surface area contributed by atoms with E-state index in [1.54, 1.807) is 19.9 Å². The van der Waals surface area contributed by atoms with Gasteiger partial charge in [-0.2, -0.15) is 0 Å². The molecule has 1 heterocycles. The Morgan fingerprint density at radius 1 is 1.53 bits per heavy atom. The number of halogens is 1. The number of rotatable bonds is 3. The summed E-state index contributed by atoms with van der Waals surface area (Å²) in [5, 5.41) is 8.80. The minimum atomic E-state index is -0.947. The lowest BCUT2D eigenvalue weighted by Gasteiger charge is -2.17. The van der Waals surface area contributed by atoms with Crippen molar-refractivity contribution < 1.29 is 18.7 Å². The van der Waals surface area contributed by atoms with Crippen molar-refractivity contribution in [3.8, 4) is 0 Å². The molecule has 0 saturated heterocycles. The maximum Gasteiger partial charge on any atom is 0.304 e. The van der Waals surface area contributed by atoms with E-state index in [1.807, 2.05) is 0 Å². The number of benzene rings is 1. The monoisotopic (exact) mass is 237 g/mol. The molecule has 1 N–H and O–H groups in total. The van der Waals surface area contributed by atoms with E-state index >= 15 is 0 Å². The van der Waals surface area contributed by atoms with Crippen molar-refractivity contribution in [2.45, 2.75) is 25.7 Å². The average molecular weight is 237 g/mol. The molecule has 0 unspecified atom stereocenters. The molecular formula is C12H12FNO3. The second kappa shape index (κ2) is 3.84. The fraction of sp³-hybridized carbons (Fsp3) is 0.333. The maximum absolute atomic E-state index is 13.4. The maximum atomic E-state index is 13.4. The second-order valence-electron chi connectivity index (χ2n) is 4.56. The highest BCUT2D eigenvalue weighted by molar-refractivity contribution is 5.74. The number of hydrogen-bond donors (Lipinski definition) is 1. The Balaban J connectivity index is 2.49. The van der Waals surface area contributed by atoms with Crippen LogP contribution in [0.4, 0.5) is 4.39 Å². The van der Waals surface area contributed by atoms with Crippen LogP contribution in [-0.4, -0.2) is 16.1 Å². The Hall–Kier alpha value is -1.91. The summed E-state index contributed by atoms with van der Waals surface area (Å²) in [5.74, 6) is -1.20. The molecule has 0 aliphatic carbocycles. The summed E-state index contributed by atoms with van der Waals surface area (Å²) >= 11 is 0. The third-order valence-corrected chi connectivity index (χ3v) is 2.54. The van der Waals surface area contributed by atoms with E-state index in [0.29, 0.717) is 5.52 Å². The predicted molar refractivity (Wildman–Crippen MR) is 59.2 cm³/mol. The molecule has 90 valence electrons. The van der Waals surface area contributed by atoms with Gasteiger partial charge in [0.25, 0.3) is 0 Å². The quantitative estimate of drug-likeness (QED) is 0.891. The summed E-state index contributed by atoms with van der Waals surface area (Å²) in [6.07, 6.45) is -0.124. The van der Waals surface area contributed by atoms with Crippen LogP contribution in [0.25, 0.3) is 11.1 Å². The van der Waals surface area contributed by atoms with Crippen LogP contribution in [0.1, 0.15) is 26.2 Å². The molecule has 0 radical (unpaired) electrons. The van der Waals surface area contributed by atoms with Gasteiger partial charge in [-0.25, -0.2) is 9.37 Å². The summed E-state index contributed by atoms with van der Waals surface area (Å²) in [6, 6.07) is 4.44. The fourth-order valence-electron chi connectivity index (χ4n) is 1.66. The lowest BCUT2D eigenvalue weighted by Crippen LogP contribution is -2.21. The van der Waals surface area contributed by atoms with Gasteiger partial charge in [-0.3, -0.25) is 4.79 Å².